The number of benzene rings is 3. The fraction of sp³-hybridized carbons (Fsp3) is 0.355. The van der Waals surface area contributed by atoms with E-state index in [9.17, 15) is 9.59 Å². The second-order valence-corrected chi connectivity index (χ2v) is 9.27. The molecule has 3 aromatic carbocycles. The number of aliphatic carboxylic acids is 1. The van der Waals surface area contributed by atoms with Crippen LogP contribution in [0.1, 0.15) is 62.4 Å². The third kappa shape index (κ3) is 8.67. The van der Waals surface area contributed by atoms with E-state index in [0.29, 0.717) is 31.7 Å². The summed E-state index contributed by atoms with van der Waals surface area (Å²) in [6.45, 7) is 7.63. The highest BCUT2D eigenvalue weighted by Crippen LogP contribution is 2.25. The molecule has 1 N–H and O–H groups in total. The van der Waals surface area contributed by atoms with Gasteiger partial charge in [0, 0.05) is 24.6 Å². The molecule has 0 heterocycles. The monoisotopic (exact) mass is 503 g/mol. The molecule has 0 bridgehead atoms. The predicted octanol–water partition coefficient (Wildman–Crippen LogP) is 6.83. The van der Waals surface area contributed by atoms with Crippen molar-refractivity contribution < 1.29 is 24.2 Å². The number of carboxylic acid groups (broad SMARTS) is 1. The molecule has 0 spiro atoms. The maximum absolute atomic E-state index is 13.4. The van der Waals surface area contributed by atoms with Crippen LogP contribution in [0.2, 0.25) is 0 Å². The first-order valence-electron chi connectivity index (χ1n) is 12.9. The van der Waals surface area contributed by atoms with Crippen LogP contribution in [-0.4, -0.2) is 41.1 Å². The van der Waals surface area contributed by atoms with Gasteiger partial charge in [0.15, 0.2) is 0 Å². The molecule has 0 radical (unpaired) electrons. The Morgan fingerprint density at radius 2 is 1.54 bits per heavy atom. The lowest BCUT2D eigenvalue weighted by Crippen LogP contribution is -2.36. The van der Waals surface area contributed by atoms with Crippen LogP contribution in [0.25, 0.3) is 11.1 Å². The van der Waals surface area contributed by atoms with Crippen molar-refractivity contribution in [1.29, 1.82) is 0 Å². The lowest BCUT2D eigenvalue weighted by molar-refractivity contribution is -0.137. The average Bonchev–Trinajstić information content (AvgIpc) is 2.89. The van der Waals surface area contributed by atoms with E-state index in [1.165, 1.54) is 0 Å². The zero-order valence-corrected chi connectivity index (χ0v) is 22.0. The van der Waals surface area contributed by atoms with Gasteiger partial charge in [0.25, 0.3) is 5.91 Å². The van der Waals surface area contributed by atoms with Gasteiger partial charge in [-0.25, -0.2) is 0 Å². The molecule has 0 saturated heterocycles. The molecule has 1 amide bonds. The quantitative estimate of drug-likeness (QED) is 0.244. The molecular formula is C31H37NO5. The summed E-state index contributed by atoms with van der Waals surface area (Å²) < 4.78 is 11.5. The van der Waals surface area contributed by atoms with Crippen molar-refractivity contribution in [2.75, 3.05) is 13.2 Å². The van der Waals surface area contributed by atoms with Crippen LogP contribution in [-0.2, 0) is 11.3 Å². The summed E-state index contributed by atoms with van der Waals surface area (Å²) in [4.78, 5) is 25.9. The maximum atomic E-state index is 13.4. The zero-order valence-electron chi connectivity index (χ0n) is 22.0. The topological polar surface area (TPSA) is 76.1 Å². The molecule has 3 rings (SSSR count). The number of nitrogens with zero attached hydrogens (tertiary/aromatic N) is 1. The molecule has 0 aliphatic rings. The molecule has 6 nitrogen and oxygen atoms in total. The van der Waals surface area contributed by atoms with Crippen LogP contribution in [0.5, 0.6) is 11.5 Å². The molecule has 0 saturated carbocycles. The molecule has 0 aliphatic carbocycles. The fourth-order valence-electron chi connectivity index (χ4n) is 4.07. The lowest BCUT2D eigenvalue weighted by atomic mass is 10.0. The number of unbranched alkanes of at least 4 members (excludes halogenated alkanes) is 2. The largest absolute Gasteiger partial charge is 0.494 e. The van der Waals surface area contributed by atoms with Gasteiger partial charge in [0.1, 0.15) is 11.5 Å². The Balaban J connectivity index is 1.63. The van der Waals surface area contributed by atoms with E-state index in [1.807, 2.05) is 98.5 Å². The minimum Gasteiger partial charge on any atom is -0.494 e. The number of carbonyl (C=O) groups is 2. The molecule has 0 atom stereocenters. The van der Waals surface area contributed by atoms with E-state index in [1.54, 1.807) is 0 Å². The van der Waals surface area contributed by atoms with Gasteiger partial charge in [-0.3, -0.25) is 9.59 Å². The number of carbonyl (C=O) groups excluding carboxylic acids is 1. The highest BCUT2D eigenvalue weighted by atomic mass is 16.5. The Morgan fingerprint density at radius 3 is 2.22 bits per heavy atom. The van der Waals surface area contributed by atoms with Gasteiger partial charge in [-0.15, -0.1) is 0 Å². The van der Waals surface area contributed by atoms with Crippen molar-refractivity contribution in [3.05, 3.63) is 83.9 Å². The third-order valence-corrected chi connectivity index (χ3v) is 6.05. The van der Waals surface area contributed by atoms with Crippen LogP contribution < -0.4 is 9.47 Å². The second kappa shape index (κ2) is 14.1. The summed E-state index contributed by atoms with van der Waals surface area (Å²) in [6.07, 6.45) is 2.47. The summed E-state index contributed by atoms with van der Waals surface area (Å²) in [6, 6.07) is 23.5. The van der Waals surface area contributed by atoms with Gasteiger partial charge in [-0.2, -0.15) is 0 Å². The zero-order chi connectivity index (χ0) is 26.6. The number of amides is 1. The van der Waals surface area contributed by atoms with Crippen LogP contribution in [0, 0.1) is 0 Å². The summed E-state index contributed by atoms with van der Waals surface area (Å²) in [5, 5.41) is 8.72. The number of hydrogen-bond donors (Lipinski definition) is 1. The normalized spacial score (nSPS) is 10.8. The first kappa shape index (κ1) is 27.8. The molecule has 6 heteroatoms. The Hall–Kier alpha value is -3.80. The van der Waals surface area contributed by atoms with Gasteiger partial charge >= 0.3 is 5.97 Å². The van der Waals surface area contributed by atoms with E-state index in [-0.39, 0.29) is 18.4 Å². The lowest BCUT2D eigenvalue weighted by Gasteiger charge is -2.27. The first-order chi connectivity index (χ1) is 17.9. The highest BCUT2D eigenvalue weighted by Gasteiger charge is 2.19. The second-order valence-electron chi connectivity index (χ2n) is 9.27. The van der Waals surface area contributed by atoms with Gasteiger partial charge in [-0.1, -0.05) is 36.4 Å². The number of carboxylic acids is 1. The van der Waals surface area contributed by atoms with Crippen LogP contribution in [0.15, 0.2) is 72.8 Å². The Labute approximate surface area is 219 Å². The Kier molecular flexibility index (Phi) is 10.6. The van der Waals surface area contributed by atoms with Gasteiger partial charge < -0.3 is 19.5 Å². The van der Waals surface area contributed by atoms with Gasteiger partial charge in [0.05, 0.1) is 13.2 Å². The summed E-state index contributed by atoms with van der Waals surface area (Å²) in [7, 11) is 0. The minimum atomic E-state index is -0.763. The van der Waals surface area contributed by atoms with Crippen LogP contribution >= 0.6 is 0 Å². The third-order valence-electron chi connectivity index (χ3n) is 6.05. The SMILES string of the molecule is CCOc1cccc(-c2ccc(C(=O)N(Cc3cccc(OCCCCCC(=O)O)c3)C(C)C)cc2)c1. The molecule has 196 valence electrons. The van der Waals surface area contributed by atoms with E-state index >= 15 is 0 Å². The van der Waals surface area contributed by atoms with Crippen molar-refractivity contribution in [3.8, 4) is 22.6 Å². The van der Waals surface area contributed by atoms with E-state index in [4.69, 9.17) is 14.6 Å². The van der Waals surface area contributed by atoms with Crippen molar-refractivity contribution in [1.82, 2.24) is 4.90 Å². The molecular weight excluding hydrogens is 466 g/mol. The van der Waals surface area contributed by atoms with Crippen molar-refractivity contribution in [2.24, 2.45) is 0 Å². The first-order valence-corrected chi connectivity index (χ1v) is 12.9. The minimum absolute atomic E-state index is 0.0191. The van der Waals surface area contributed by atoms with Gasteiger partial charge in [0.2, 0.25) is 0 Å². The maximum Gasteiger partial charge on any atom is 0.303 e. The van der Waals surface area contributed by atoms with Crippen molar-refractivity contribution >= 4 is 11.9 Å². The van der Waals surface area contributed by atoms with E-state index in [0.717, 1.165) is 41.0 Å². The Bertz CT molecular complexity index is 1160. The van der Waals surface area contributed by atoms with E-state index < -0.39 is 5.97 Å². The molecule has 0 aliphatic heterocycles. The molecule has 37 heavy (non-hydrogen) atoms. The van der Waals surface area contributed by atoms with E-state index in [2.05, 4.69) is 0 Å². The summed E-state index contributed by atoms with van der Waals surface area (Å²) >= 11 is 0. The highest BCUT2D eigenvalue weighted by molar-refractivity contribution is 5.95. The number of ether oxygens (including phenoxy) is 2. The van der Waals surface area contributed by atoms with Gasteiger partial charge in [-0.05, 0) is 93.1 Å². The molecule has 0 aromatic heterocycles. The average molecular weight is 504 g/mol. The predicted molar refractivity (Wildman–Crippen MR) is 146 cm³/mol. The summed E-state index contributed by atoms with van der Waals surface area (Å²) in [5.74, 6) is 0.802. The smallest absolute Gasteiger partial charge is 0.303 e. The van der Waals surface area contributed by atoms with Crippen LogP contribution in [0.3, 0.4) is 0 Å². The molecule has 0 unspecified atom stereocenters. The molecule has 0 fully saturated rings. The van der Waals surface area contributed by atoms with Crippen molar-refractivity contribution in [3.63, 3.8) is 0 Å². The standard InChI is InChI=1S/C31H37NO5/c1-4-36-29-13-9-11-27(21-29)25-15-17-26(18-16-25)31(35)32(23(2)3)22-24-10-8-12-28(20-24)37-19-7-5-6-14-30(33)34/h8-13,15-18,20-21,23H,4-7,14,19,22H2,1-3H3,(H,33,34). The molecule has 3 aromatic rings. The van der Waals surface area contributed by atoms with Crippen LogP contribution in [0.4, 0.5) is 0 Å². The van der Waals surface area contributed by atoms with Crippen molar-refractivity contribution in [2.45, 2.75) is 59.0 Å². The number of hydrogen-bond acceptors (Lipinski definition) is 4. The summed E-state index contributed by atoms with van der Waals surface area (Å²) in [5.41, 5.74) is 3.72. The fourth-order valence-corrected chi connectivity index (χ4v) is 4.07. The number of rotatable bonds is 14. The Morgan fingerprint density at radius 1 is 0.838 bits per heavy atom.